The monoisotopic (exact) mass is 411 g/mol. The van der Waals surface area contributed by atoms with Gasteiger partial charge in [0.1, 0.15) is 0 Å². The zero-order valence-corrected chi connectivity index (χ0v) is 16.2. The van der Waals surface area contributed by atoms with E-state index in [1.807, 2.05) is 16.8 Å². The molecule has 1 aliphatic heterocycles. The molecule has 1 aliphatic rings. The number of anilines is 1. The lowest BCUT2D eigenvalue weighted by Gasteiger charge is -2.17. The average molecular weight is 411 g/mol. The lowest BCUT2D eigenvalue weighted by Crippen LogP contribution is -2.20. The van der Waals surface area contributed by atoms with E-state index in [-0.39, 0.29) is 31.1 Å². The minimum absolute atomic E-state index is 0.0332. The van der Waals surface area contributed by atoms with E-state index in [2.05, 4.69) is 15.5 Å². The first-order chi connectivity index (χ1) is 14.1. The Balaban J connectivity index is 1.26. The predicted molar refractivity (Wildman–Crippen MR) is 105 cm³/mol. The van der Waals surface area contributed by atoms with Crippen molar-refractivity contribution in [3.05, 3.63) is 52.0 Å². The summed E-state index contributed by atoms with van der Waals surface area (Å²) in [6.07, 6.45) is 1.25. The highest BCUT2D eigenvalue weighted by atomic mass is 32.1. The van der Waals surface area contributed by atoms with E-state index in [1.54, 1.807) is 18.2 Å². The number of hydrogen-bond donors (Lipinski definition) is 1. The second kappa shape index (κ2) is 8.36. The molecule has 8 nitrogen and oxygen atoms in total. The SMILES string of the molecule is O=C1CCc2cc(C(=O)COC(=O)CCc3nc(-c4ccsc4)no3)ccc2N1. The summed E-state index contributed by atoms with van der Waals surface area (Å²) in [5.74, 6) is -0.0248. The molecule has 1 aromatic carbocycles. The van der Waals surface area contributed by atoms with E-state index in [4.69, 9.17) is 9.26 Å². The topological polar surface area (TPSA) is 111 Å². The summed E-state index contributed by atoms with van der Waals surface area (Å²) in [5.41, 5.74) is 2.93. The molecule has 3 heterocycles. The van der Waals surface area contributed by atoms with Gasteiger partial charge in [-0.3, -0.25) is 14.4 Å². The molecule has 0 saturated carbocycles. The lowest BCUT2D eigenvalue weighted by atomic mass is 9.99. The van der Waals surface area contributed by atoms with Gasteiger partial charge >= 0.3 is 5.97 Å². The van der Waals surface area contributed by atoms with Gasteiger partial charge in [-0.15, -0.1) is 0 Å². The van der Waals surface area contributed by atoms with Gasteiger partial charge in [0.2, 0.25) is 17.6 Å². The van der Waals surface area contributed by atoms with Gasteiger partial charge in [0.05, 0.1) is 6.42 Å². The molecular formula is C20H17N3O5S. The number of nitrogens with one attached hydrogen (secondary N) is 1. The number of carbonyl (C=O) groups is 3. The summed E-state index contributed by atoms with van der Waals surface area (Å²) in [6.45, 7) is -0.339. The Morgan fingerprint density at radius 2 is 2.14 bits per heavy atom. The van der Waals surface area contributed by atoms with Crippen molar-refractivity contribution in [2.45, 2.75) is 25.7 Å². The van der Waals surface area contributed by atoms with E-state index in [0.717, 1.165) is 16.8 Å². The minimum Gasteiger partial charge on any atom is -0.457 e. The molecule has 0 aliphatic carbocycles. The van der Waals surface area contributed by atoms with E-state index < -0.39 is 5.97 Å². The Morgan fingerprint density at radius 1 is 1.24 bits per heavy atom. The van der Waals surface area contributed by atoms with Crippen LogP contribution < -0.4 is 5.32 Å². The molecule has 148 valence electrons. The first-order valence-corrected chi connectivity index (χ1v) is 9.99. The molecule has 0 saturated heterocycles. The molecule has 0 spiro atoms. The van der Waals surface area contributed by atoms with Gasteiger partial charge in [0.15, 0.2) is 12.4 Å². The zero-order valence-electron chi connectivity index (χ0n) is 15.3. The quantitative estimate of drug-likeness (QED) is 0.470. The van der Waals surface area contributed by atoms with Crippen molar-refractivity contribution < 1.29 is 23.6 Å². The van der Waals surface area contributed by atoms with Crippen molar-refractivity contribution in [1.29, 1.82) is 0 Å². The number of aryl methyl sites for hydroxylation is 2. The molecule has 1 N–H and O–H groups in total. The maximum Gasteiger partial charge on any atom is 0.306 e. The molecule has 2 aromatic heterocycles. The molecule has 0 fully saturated rings. The van der Waals surface area contributed by atoms with Crippen molar-refractivity contribution in [2.75, 3.05) is 11.9 Å². The standard InChI is InChI=1S/C20H17N3O5S/c24-16(13-1-3-15-12(9-13)2-4-17(25)21-15)10-27-19(26)6-5-18-22-20(23-28-18)14-7-8-29-11-14/h1,3,7-9,11H,2,4-6,10H2,(H,21,25). The van der Waals surface area contributed by atoms with Crippen LogP contribution in [0.25, 0.3) is 11.4 Å². The highest BCUT2D eigenvalue weighted by molar-refractivity contribution is 7.08. The van der Waals surface area contributed by atoms with Crippen LogP contribution in [0.3, 0.4) is 0 Å². The van der Waals surface area contributed by atoms with Crippen LogP contribution in [-0.4, -0.2) is 34.4 Å². The minimum atomic E-state index is -0.515. The summed E-state index contributed by atoms with van der Waals surface area (Å²) in [5, 5.41) is 10.5. The second-order valence-electron chi connectivity index (χ2n) is 6.53. The van der Waals surface area contributed by atoms with Crippen molar-refractivity contribution in [2.24, 2.45) is 0 Å². The fraction of sp³-hybridized carbons (Fsp3) is 0.250. The van der Waals surface area contributed by atoms with Gasteiger partial charge in [-0.25, -0.2) is 0 Å². The number of carbonyl (C=O) groups excluding carboxylic acids is 3. The van der Waals surface area contributed by atoms with Gasteiger partial charge in [-0.2, -0.15) is 16.3 Å². The Bertz CT molecular complexity index is 1060. The van der Waals surface area contributed by atoms with Crippen LogP contribution >= 0.6 is 11.3 Å². The molecule has 9 heteroatoms. The van der Waals surface area contributed by atoms with Gasteiger partial charge in [-0.1, -0.05) is 5.16 Å². The van der Waals surface area contributed by atoms with Crippen molar-refractivity contribution >= 4 is 34.7 Å². The molecule has 0 unspecified atom stereocenters. The Hall–Kier alpha value is -3.33. The predicted octanol–water partition coefficient (Wildman–Crippen LogP) is 3.04. The average Bonchev–Trinajstić information content (AvgIpc) is 3.41. The molecule has 4 rings (SSSR count). The van der Waals surface area contributed by atoms with Crippen molar-refractivity contribution in [3.63, 3.8) is 0 Å². The molecule has 0 radical (unpaired) electrons. The van der Waals surface area contributed by atoms with E-state index in [1.165, 1.54) is 11.3 Å². The number of fused-ring (bicyclic) bond motifs is 1. The number of aromatic nitrogens is 2. The van der Waals surface area contributed by atoms with Crippen LogP contribution in [-0.2, 0) is 27.2 Å². The number of benzene rings is 1. The summed E-state index contributed by atoms with van der Waals surface area (Å²) >= 11 is 1.53. The van der Waals surface area contributed by atoms with Crippen LogP contribution in [0.1, 0.15) is 34.7 Å². The summed E-state index contributed by atoms with van der Waals surface area (Å²) in [7, 11) is 0. The number of esters is 1. The van der Waals surface area contributed by atoms with Crippen LogP contribution in [0.2, 0.25) is 0 Å². The van der Waals surface area contributed by atoms with E-state index in [0.29, 0.717) is 30.1 Å². The van der Waals surface area contributed by atoms with Crippen LogP contribution in [0.4, 0.5) is 5.69 Å². The van der Waals surface area contributed by atoms with Crippen LogP contribution in [0, 0.1) is 0 Å². The smallest absolute Gasteiger partial charge is 0.306 e. The van der Waals surface area contributed by atoms with Gasteiger partial charge in [-0.05, 0) is 41.6 Å². The molecule has 0 bridgehead atoms. The number of Topliss-reactive ketones (excluding diaryl/α,β-unsaturated/α-hetero) is 1. The summed E-state index contributed by atoms with van der Waals surface area (Å²) in [4.78, 5) is 39.9. The molecule has 3 aromatic rings. The maximum absolute atomic E-state index is 12.3. The van der Waals surface area contributed by atoms with E-state index >= 15 is 0 Å². The number of hydrogen-bond acceptors (Lipinski definition) is 8. The van der Waals surface area contributed by atoms with Crippen LogP contribution in [0.15, 0.2) is 39.5 Å². The Morgan fingerprint density at radius 3 is 2.97 bits per heavy atom. The number of nitrogens with zero attached hydrogens (tertiary/aromatic N) is 2. The van der Waals surface area contributed by atoms with Crippen molar-refractivity contribution in [1.82, 2.24) is 10.1 Å². The Labute approximate surface area is 169 Å². The fourth-order valence-electron chi connectivity index (χ4n) is 2.93. The highest BCUT2D eigenvalue weighted by Gasteiger charge is 2.18. The zero-order chi connectivity index (χ0) is 20.2. The van der Waals surface area contributed by atoms with Crippen molar-refractivity contribution in [3.8, 4) is 11.4 Å². The summed E-state index contributed by atoms with van der Waals surface area (Å²) in [6, 6.07) is 6.93. The number of rotatable bonds is 7. The molecule has 1 amide bonds. The number of amides is 1. The normalized spacial score (nSPS) is 12.9. The number of ketones is 1. The third kappa shape index (κ3) is 4.57. The first kappa shape index (κ1) is 19.0. The first-order valence-electron chi connectivity index (χ1n) is 9.05. The fourth-order valence-corrected chi connectivity index (χ4v) is 3.57. The summed E-state index contributed by atoms with van der Waals surface area (Å²) < 4.78 is 10.2. The maximum atomic E-state index is 12.3. The molecular weight excluding hydrogens is 394 g/mol. The molecule has 29 heavy (non-hydrogen) atoms. The van der Waals surface area contributed by atoms with Crippen LogP contribution in [0.5, 0.6) is 0 Å². The highest BCUT2D eigenvalue weighted by Crippen LogP contribution is 2.24. The Kier molecular flexibility index (Phi) is 5.48. The molecule has 0 atom stereocenters. The second-order valence-corrected chi connectivity index (χ2v) is 7.31. The van der Waals surface area contributed by atoms with Gasteiger partial charge in [0.25, 0.3) is 0 Å². The lowest BCUT2D eigenvalue weighted by molar-refractivity contribution is -0.142. The van der Waals surface area contributed by atoms with Gasteiger partial charge in [0, 0.05) is 35.0 Å². The third-order valence-corrected chi connectivity index (χ3v) is 5.16. The number of thiophene rings is 1. The third-order valence-electron chi connectivity index (χ3n) is 4.48. The van der Waals surface area contributed by atoms with E-state index in [9.17, 15) is 14.4 Å². The largest absolute Gasteiger partial charge is 0.457 e. The van der Waals surface area contributed by atoms with Gasteiger partial charge < -0.3 is 14.6 Å². The number of ether oxygens (including phenoxy) is 1.